The molecule has 0 spiro atoms. The van der Waals surface area contributed by atoms with Gasteiger partial charge in [0, 0.05) is 13.1 Å². The molecule has 0 amide bonds. The lowest BCUT2D eigenvalue weighted by Crippen LogP contribution is -2.33. The van der Waals surface area contributed by atoms with Crippen molar-refractivity contribution in [3.63, 3.8) is 0 Å². The second-order valence-corrected chi connectivity index (χ2v) is 4.64. The van der Waals surface area contributed by atoms with Crippen molar-refractivity contribution < 1.29 is 0 Å². The van der Waals surface area contributed by atoms with E-state index in [9.17, 15) is 0 Å². The zero-order valence-corrected chi connectivity index (χ0v) is 9.05. The minimum atomic E-state index is 0.750. The number of nitriles is 1. The molecule has 1 saturated heterocycles. The molecule has 0 unspecified atom stereocenters. The Hall–Kier alpha value is -1.08. The van der Waals surface area contributed by atoms with Gasteiger partial charge in [-0.3, -0.25) is 0 Å². The number of piperidine rings is 1. The van der Waals surface area contributed by atoms with E-state index in [4.69, 9.17) is 5.26 Å². The number of aromatic nitrogens is 1. The van der Waals surface area contributed by atoms with Gasteiger partial charge in [-0.15, -0.1) is 11.3 Å². The van der Waals surface area contributed by atoms with Crippen LogP contribution in [0.25, 0.3) is 0 Å². The molecule has 1 aromatic rings. The average Bonchev–Trinajstić information content (AvgIpc) is 2.67. The van der Waals surface area contributed by atoms with Gasteiger partial charge in [0.05, 0.1) is 5.51 Å². The summed E-state index contributed by atoms with van der Waals surface area (Å²) in [6, 6.07) is 2.20. The fraction of sp³-hybridized carbons (Fsp3) is 0.600. The highest BCUT2D eigenvalue weighted by atomic mass is 32.1. The highest BCUT2D eigenvalue weighted by Gasteiger charge is 2.19. The van der Waals surface area contributed by atoms with Crippen molar-refractivity contribution >= 4 is 17.2 Å². The second kappa shape index (κ2) is 3.97. The fourth-order valence-corrected chi connectivity index (χ4v) is 2.36. The van der Waals surface area contributed by atoms with Crippen LogP contribution >= 0.6 is 11.3 Å². The van der Waals surface area contributed by atoms with Crippen molar-refractivity contribution in [2.24, 2.45) is 5.92 Å². The number of nitrogens with zero attached hydrogens (tertiary/aromatic N) is 3. The van der Waals surface area contributed by atoms with Gasteiger partial charge in [-0.05, 0) is 18.8 Å². The van der Waals surface area contributed by atoms with Crippen molar-refractivity contribution in [2.45, 2.75) is 19.8 Å². The van der Waals surface area contributed by atoms with Crippen LogP contribution in [0.1, 0.15) is 24.6 Å². The third kappa shape index (κ3) is 1.73. The van der Waals surface area contributed by atoms with Gasteiger partial charge in [0.2, 0.25) is 0 Å². The van der Waals surface area contributed by atoms with Crippen LogP contribution in [-0.4, -0.2) is 18.1 Å². The van der Waals surface area contributed by atoms with Crippen molar-refractivity contribution in [2.75, 3.05) is 18.0 Å². The van der Waals surface area contributed by atoms with Crippen LogP contribution < -0.4 is 4.90 Å². The Morgan fingerprint density at radius 1 is 1.57 bits per heavy atom. The molecule has 0 radical (unpaired) electrons. The van der Waals surface area contributed by atoms with Crippen molar-refractivity contribution in [3.05, 3.63) is 10.4 Å². The maximum absolute atomic E-state index is 8.88. The molecular formula is C10H13N3S. The Bertz CT molecular complexity index is 344. The molecule has 3 nitrogen and oxygen atoms in total. The molecule has 4 heteroatoms. The highest BCUT2D eigenvalue weighted by Crippen LogP contribution is 2.26. The Morgan fingerprint density at radius 3 is 2.93 bits per heavy atom. The topological polar surface area (TPSA) is 39.9 Å². The summed E-state index contributed by atoms with van der Waals surface area (Å²) >= 11 is 1.43. The lowest BCUT2D eigenvalue weighted by Gasteiger charge is -2.30. The van der Waals surface area contributed by atoms with E-state index in [0.717, 1.165) is 29.7 Å². The molecule has 1 aliphatic rings. The van der Waals surface area contributed by atoms with Crippen LogP contribution in [0.15, 0.2) is 5.51 Å². The quantitative estimate of drug-likeness (QED) is 0.709. The molecule has 1 fully saturated rings. The third-order valence-electron chi connectivity index (χ3n) is 2.73. The summed E-state index contributed by atoms with van der Waals surface area (Å²) in [5.74, 6) is 1.71. The molecule has 0 bridgehead atoms. The summed E-state index contributed by atoms with van der Waals surface area (Å²) in [6.07, 6.45) is 2.42. The van der Waals surface area contributed by atoms with Crippen LogP contribution in [0.3, 0.4) is 0 Å². The first kappa shape index (κ1) is 9.47. The summed E-state index contributed by atoms with van der Waals surface area (Å²) in [7, 11) is 0. The first-order chi connectivity index (χ1) is 6.81. The Balaban J connectivity index is 2.13. The van der Waals surface area contributed by atoms with Gasteiger partial charge in [-0.2, -0.15) is 5.26 Å². The van der Waals surface area contributed by atoms with Crippen molar-refractivity contribution in [1.82, 2.24) is 4.98 Å². The van der Waals surface area contributed by atoms with E-state index >= 15 is 0 Å². The number of hydrogen-bond acceptors (Lipinski definition) is 4. The number of anilines is 1. The Labute approximate surface area is 88.0 Å². The fourth-order valence-electron chi connectivity index (χ4n) is 1.76. The molecule has 0 aromatic carbocycles. The van der Waals surface area contributed by atoms with E-state index in [1.165, 1.54) is 24.2 Å². The Morgan fingerprint density at radius 2 is 2.29 bits per heavy atom. The van der Waals surface area contributed by atoms with E-state index < -0.39 is 0 Å². The van der Waals surface area contributed by atoms with E-state index in [-0.39, 0.29) is 0 Å². The summed E-state index contributed by atoms with van der Waals surface area (Å²) < 4.78 is 0. The second-order valence-electron chi connectivity index (χ2n) is 3.79. The van der Waals surface area contributed by atoms with E-state index in [1.54, 1.807) is 5.51 Å². The SMILES string of the molecule is CC1CCN(c2ncsc2C#N)CC1. The molecule has 0 atom stereocenters. The molecular weight excluding hydrogens is 194 g/mol. The molecule has 0 N–H and O–H groups in total. The maximum Gasteiger partial charge on any atom is 0.157 e. The van der Waals surface area contributed by atoms with E-state index in [1.807, 2.05) is 0 Å². The molecule has 14 heavy (non-hydrogen) atoms. The first-order valence-electron chi connectivity index (χ1n) is 4.90. The van der Waals surface area contributed by atoms with Crippen LogP contribution in [-0.2, 0) is 0 Å². The van der Waals surface area contributed by atoms with Gasteiger partial charge < -0.3 is 4.90 Å². The number of thiazole rings is 1. The van der Waals surface area contributed by atoms with Crippen LogP contribution in [0.4, 0.5) is 5.82 Å². The molecule has 2 heterocycles. The normalized spacial score (nSPS) is 18.1. The van der Waals surface area contributed by atoms with Gasteiger partial charge in [-0.25, -0.2) is 4.98 Å². The van der Waals surface area contributed by atoms with E-state index in [0.29, 0.717) is 0 Å². The standard InChI is InChI=1S/C10H13N3S/c1-8-2-4-13(5-3-8)10-9(6-11)14-7-12-10/h7-8H,2-5H2,1H3. The zero-order chi connectivity index (χ0) is 9.97. The molecule has 1 aromatic heterocycles. The summed E-state index contributed by atoms with van der Waals surface area (Å²) in [4.78, 5) is 7.24. The van der Waals surface area contributed by atoms with Crippen molar-refractivity contribution in [1.29, 1.82) is 5.26 Å². The monoisotopic (exact) mass is 207 g/mol. The van der Waals surface area contributed by atoms with Gasteiger partial charge in [0.25, 0.3) is 0 Å². The minimum absolute atomic E-state index is 0.750. The largest absolute Gasteiger partial charge is 0.355 e. The van der Waals surface area contributed by atoms with Gasteiger partial charge >= 0.3 is 0 Å². The van der Waals surface area contributed by atoms with Gasteiger partial charge in [0.1, 0.15) is 10.9 Å². The maximum atomic E-state index is 8.88. The average molecular weight is 207 g/mol. The van der Waals surface area contributed by atoms with Gasteiger partial charge in [0.15, 0.2) is 5.82 Å². The Kier molecular flexibility index (Phi) is 2.69. The predicted molar refractivity (Wildman–Crippen MR) is 57.4 cm³/mol. The molecule has 2 rings (SSSR count). The van der Waals surface area contributed by atoms with Crippen molar-refractivity contribution in [3.8, 4) is 6.07 Å². The number of hydrogen-bond donors (Lipinski definition) is 0. The van der Waals surface area contributed by atoms with Crippen LogP contribution in [0.2, 0.25) is 0 Å². The molecule has 0 aliphatic carbocycles. The minimum Gasteiger partial charge on any atom is -0.355 e. The molecule has 1 aliphatic heterocycles. The first-order valence-corrected chi connectivity index (χ1v) is 5.77. The summed E-state index contributed by atoms with van der Waals surface area (Å²) in [5.41, 5.74) is 1.76. The number of rotatable bonds is 1. The predicted octanol–water partition coefficient (Wildman–Crippen LogP) is 2.25. The van der Waals surface area contributed by atoms with E-state index in [2.05, 4.69) is 22.9 Å². The zero-order valence-electron chi connectivity index (χ0n) is 8.23. The third-order valence-corrected chi connectivity index (χ3v) is 3.45. The lowest BCUT2D eigenvalue weighted by atomic mass is 9.99. The summed E-state index contributed by atoms with van der Waals surface area (Å²) in [5, 5.41) is 8.88. The molecule has 0 saturated carbocycles. The lowest BCUT2D eigenvalue weighted by molar-refractivity contribution is 0.437. The summed E-state index contributed by atoms with van der Waals surface area (Å²) in [6.45, 7) is 4.36. The van der Waals surface area contributed by atoms with Gasteiger partial charge in [-0.1, -0.05) is 6.92 Å². The highest BCUT2D eigenvalue weighted by molar-refractivity contribution is 7.10. The smallest absolute Gasteiger partial charge is 0.157 e. The van der Waals surface area contributed by atoms with Crippen LogP contribution in [0, 0.1) is 17.2 Å². The van der Waals surface area contributed by atoms with Crippen LogP contribution in [0.5, 0.6) is 0 Å². The molecule has 74 valence electrons.